The van der Waals surface area contributed by atoms with Crippen LogP contribution in [0.5, 0.6) is 0 Å². The number of fused-ring (bicyclic) bond motifs is 1. The number of phosphoric ester groups is 1. The van der Waals surface area contributed by atoms with Crippen molar-refractivity contribution in [1.29, 1.82) is 0 Å². The second kappa shape index (κ2) is 9.70. The maximum Gasteiger partial charge on any atom is 0.490 e. The van der Waals surface area contributed by atoms with Crippen LogP contribution < -0.4 is 5.73 Å². The zero-order valence-electron chi connectivity index (χ0n) is 16.9. The molecular weight excluding hydrogens is 529 g/mol. The number of aliphatic hydroxyl groups is 1. The van der Waals surface area contributed by atoms with Gasteiger partial charge in [0, 0.05) is 13.1 Å². The van der Waals surface area contributed by atoms with Gasteiger partial charge in [-0.1, -0.05) is 0 Å². The Kier molecular flexibility index (Phi) is 7.65. The standard InChI is InChI=1S/C13H19N4O14P3/c1-6(18)28-11-10(19)8(4-27-33(23,24)31-34(25,26)30-32(20,21)22)29-13(11)17-5-16-9-7(14)2-3-15-12(9)17/h2-3,5,8,10-11,13,19H,4H2,1H3,(H2,14,15)(H,23,24)(H,25,26)(H2,20,21,22)/t8-,10+,11?,13-/m1/s1. The molecule has 1 aliphatic rings. The van der Waals surface area contributed by atoms with E-state index in [1.165, 1.54) is 23.2 Å². The first-order chi connectivity index (χ1) is 15.6. The average Bonchev–Trinajstić information content (AvgIpc) is 3.20. The Morgan fingerprint density at radius 3 is 2.47 bits per heavy atom. The molecule has 0 aliphatic carbocycles. The van der Waals surface area contributed by atoms with Crippen molar-refractivity contribution in [2.75, 3.05) is 12.3 Å². The second-order valence-corrected chi connectivity index (χ2v) is 11.2. The van der Waals surface area contributed by atoms with Gasteiger partial charge in [0.1, 0.15) is 17.7 Å². The predicted molar refractivity (Wildman–Crippen MR) is 107 cm³/mol. The third-order valence-corrected chi connectivity index (χ3v) is 8.00. The zero-order valence-corrected chi connectivity index (χ0v) is 19.6. The number of anilines is 1. The van der Waals surface area contributed by atoms with Gasteiger partial charge < -0.3 is 39.9 Å². The number of carbonyl (C=O) groups is 1. The van der Waals surface area contributed by atoms with Crippen molar-refractivity contribution in [3.63, 3.8) is 0 Å². The number of ether oxygens (including phenoxy) is 2. The lowest BCUT2D eigenvalue weighted by Gasteiger charge is -2.21. The molecule has 190 valence electrons. The Bertz CT molecular complexity index is 1210. The summed E-state index contributed by atoms with van der Waals surface area (Å²) in [6.45, 7) is 0.0900. The summed E-state index contributed by atoms with van der Waals surface area (Å²) in [5.74, 6) is -0.803. The van der Waals surface area contributed by atoms with Gasteiger partial charge in [0.15, 0.2) is 18.0 Å². The van der Waals surface area contributed by atoms with E-state index >= 15 is 0 Å². The molecule has 1 fully saturated rings. The highest BCUT2D eigenvalue weighted by molar-refractivity contribution is 7.66. The first-order valence-corrected chi connectivity index (χ1v) is 13.5. The third-order valence-electron chi connectivity index (χ3n) is 4.20. The Balaban J connectivity index is 1.78. The minimum Gasteiger partial charge on any atom is -0.455 e. The third kappa shape index (κ3) is 6.46. The van der Waals surface area contributed by atoms with Crippen LogP contribution in [0, 0.1) is 0 Å². The molecule has 1 aliphatic heterocycles. The molecule has 18 nitrogen and oxygen atoms in total. The molecule has 3 heterocycles. The quantitative estimate of drug-likeness (QED) is 0.171. The SMILES string of the molecule is CC(=O)OC1[C@@H](O)[C@@H](COP(=O)(O)OP(=O)(O)OP(=O)(O)O)O[C@H]1n1cnc2c(N)ccnc21. The molecule has 2 aromatic heterocycles. The number of nitrogens with two attached hydrogens (primary N) is 1. The van der Waals surface area contributed by atoms with E-state index in [2.05, 4.69) is 23.1 Å². The van der Waals surface area contributed by atoms with E-state index in [1.807, 2.05) is 0 Å². The van der Waals surface area contributed by atoms with E-state index in [-0.39, 0.29) is 16.9 Å². The van der Waals surface area contributed by atoms with Crippen LogP contribution >= 0.6 is 23.5 Å². The van der Waals surface area contributed by atoms with Gasteiger partial charge in [0.25, 0.3) is 0 Å². The van der Waals surface area contributed by atoms with Crippen LogP contribution in [-0.2, 0) is 41.1 Å². The van der Waals surface area contributed by atoms with Gasteiger partial charge in [-0.15, -0.1) is 0 Å². The van der Waals surface area contributed by atoms with Crippen molar-refractivity contribution in [1.82, 2.24) is 14.5 Å². The van der Waals surface area contributed by atoms with Crippen molar-refractivity contribution in [3.05, 3.63) is 18.6 Å². The molecule has 7 N–H and O–H groups in total. The van der Waals surface area contributed by atoms with E-state index in [1.54, 1.807) is 0 Å². The van der Waals surface area contributed by atoms with Crippen molar-refractivity contribution in [2.24, 2.45) is 0 Å². The normalized spacial score (nSPS) is 26.8. The molecule has 0 radical (unpaired) electrons. The average molecular weight is 548 g/mol. The molecule has 2 aromatic rings. The van der Waals surface area contributed by atoms with Gasteiger partial charge in [-0.05, 0) is 6.07 Å². The largest absolute Gasteiger partial charge is 0.490 e. The topological polar surface area (TPSA) is 272 Å². The first-order valence-electron chi connectivity index (χ1n) is 8.95. The number of phosphoric acid groups is 3. The van der Waals surface area contributed by atoms with Crippen LogP contribution in [0.4, 0.5) is 5.69 Å². The molecule has 0 spiro atoms. The van der Waals surface area contributed by atoms with Crippen LogP contribution in [0.3, 0.4) is 0 Å². The van der Waals surface area contributed by atoms with E-state index in [9.17, 15) is 33.4 Å². The number of hydrogen-bond acceptors (Lipinski definition) is 13. The fourth-order valence-corrected chi connectivity index (χ4v) is 6.04. The fourth-order valence-electron chi connectivity index (χ4n) is 3.01. The van der Waals surface area contributed by atoms with Crippen molar-refractivity contribution < 1.29 is 65.8 Å². The van der Waals surface area contributed by atoms with Crippen molar-refractivity contribution in [3.8, 4) is 0 Å². The Morgan fingerprint density at radius 2 is 1.85 bits per heavy atom. The lowest BCUT2D eigenvalue weighted by molar-refractivity contribution is -0.155. The van der Waals surface area contributed by atoms with Gasteiger partial charge in [0.2, 0.25) is 0 Å². The molecule has 3 rings (SSSR count). The Labute approximate surface area is 189 Å². The summed E-state index contributed by atoms with van der Waals surface area (Å²) >= 11 is 0. The summed E-state index contributed by atoms with van der Waals surface area (Å²) in [5.41, 5.74) is 6.58. The van der Waals surface area contributed by atoms with Crippen molar-refractivity contribution >= 4 is 46.3 Å². The number of hydrogen-bond donors (Lipinski definition) is 6. The van der Waals surface area contributed by atoms with Crippen LogP contribution in [0.15, 0.2) is 18.6 Å². The molecule has 34 heavy (non-hydrogen) atoms. The lowest BCUT2D eigenvalue weighted by Crippen LogP contribution is -2.36. The van der Waals surface area contributed by atoms with Gasteiger partial charge in [-0.2, -0.15) is 8.62 Å². The van der Waals surface area contributed by atoms with Gasteiger partial charge >= 0.3 is 29.4 Å². The van der Waals surface area contributed by atoms with Gasteiger partial charge in [-0.3, -0.25) is 13.9 Å². The Hall–Kier alpha value is -1.78. The highest BCUT2D eigenvalue weighted by Crippen LogP contribution is 2.66. The number of nitrogens with zero attached hydrogens (tertiary/aromatic N) is 3. The molecular formula is C13H19N4O14P3. The highest BCUT2D eigenvalue weighted by atomic mass is 31.3. The summed E-state index contributed by atoms with van der Waals surface area (Å²) in [7, 11) is -16.8. The summed E-state index contributed by atoms with van der Waals surface area (Å²) in [6, 6.07) is 1.49. The highest BCUT2D eigenvalue weighted by Gasteiger charge is 2.49. The van der Waals surface area contributed by atoms with Crippen LogP contribution in [0.25, 0.3) is 11.2 Å². The number of aliphatic hydroxyl groups excluding tert-OH is 1. The number of carbonyl (C=O) groups excluding carboxylic acids is 1. The number of nitrogen functional groups attached to an aromatic ring is 1. The maximum atomic E-state index is 11.9. The minimum atomic E-state index is -5.73. The summed E-state index contributed by atoms with van der Waals surface area (Å²) in [5, 5.41) is 10.6. The first kappa shape index (κ1) is 26.8. The monoisotopic (exact) mass is 548 g/mol. The number of imidazole rings is 1. The fraction of sp³-hybridized carbons (Fsp3) is 0.462. The van der Waals surface area contributed by atoms with E-state index in [0.717, 1.165) is 6.92 Å². The molecule has 6 atom stereocenters. The predicted octanol–water partition coefficient (Wildman–Crippen LogP) is -0.453. The lowest BCUT2D eigenvalue weighted by atomic mass is 10.1. The Morgan fingerprint density at radius 1 is 1.18 bits per heavy atom. The zero-order chi connectivity index (χ0) is 25.5. The second-order valence-electron chi connectivity index (χ2n) is 6.74. The van der Waals surface area contributed by atoms with E-state index in [4.69, 9.17) is 25.0 Å². The smallest absolute Gasteiger partial charge is 0.455 e. The number of rotatable bonds is 9. The number of esters is 1. The number of pyridine rings is 1. The summed E-state index contributed by atoms with van der Waals surface area (Å²) in [4.78, 5) is 55.7. The maximum absolute atomic E-state index is 11.9. The molecule has 0 aromatic carbocycles. The molecule has 0 saturated carbocycles. The van der Waals surface area contributed by atoms with Gasteiger partial charge in [-0.25, -0.2) is 23.7 Å². The van der Waals surface area contributed by atoms with Crippen LogP contribution in [0.1, 0.15) is 13.2 Å². The van der Waals surface area contributed by atoms with E-state index in [0.29, 0.717) is 0 Å². The van der Waals surface area contributed by atoms with Crippen LogP contribution in [0.2, 0.25) is 0 Å². The molecule has 3 unspecified atom stereocenters. The molecule has 21 heteroatoms. The van der Waals surface area contributed by atoms with Gasteiger partial charge in [0.05, 0.1) is 18.6 Å². The summed E-state index contributed by atoms with van der Waals surface area (Å²) < 4.78 is 57.8. The molecule has 0 bridgehead atoms. The summed E-state index contributed by atoms with van der Waals surface area (Å²) in [6.07, 6.45) is -3.15. The number of aromatic nitrogens is 3. The van der Waals surface area contributed by atoms with E-state index < -0.39 is 60.6 Å². The van der Waals surface area contributed by atoms with Crippen molar-refractivity contribution in [2.45, 2.75) is 31.5 Å². The molecule has 0 amide bonds. The van der Waals surface area contributed by atoms with Crippen LogP contribution in [-0.4, -0.2) is 70.1 Å². The molecule has 1 saturated heterocycles. The minimum absolute atomic E-state index is 0.197.